The van der Waals surface area contributed by atoms with Gasteiger partial charge in [0.1, 0.15) is 0 Å². The Morgan fingerprint density at radius 3 is 2.93 bits per heavy atom. The normalized spacial score (nSPS) is 9.67. The minimum atomic E-state index is -0.190. The van der Waals surface area contributed by atoms with E-state index >= 15 is 0 Å². The third kappa shape index (κ3) is 2.59. The number of nitrogens with zero attached hydrogens (tertiary/aromatic N) is 2. The molecule has 15 heavy (non-hydrogen) atoms. The van der Waals surface area contributed by atoms with Crippen molar-refractivity contribution in [2.75, 3.05) is 13.1 Å². The summed E-state index contributed by atoms with van der Waals surface area (Å²) in [7, 11) is 0. The van der Waals surface area contributed by atoms with Crippen molar-refractivity contribution in [2.24, 2.45) is 0 Å². The van der Waals surface area contributed by atoms with Gasteiger partial charge in [-0.25, -0.2) is 0 Å². The molecule has 0 aromatic carbocycles. The minimum absolute atomic E-state index is 0.190. The number of hydrogen-bond donors (Lipinski definition) is 0. The van der Waals surface area contributed by atoms with Crippen LogP contribution in [0.1, 0.15) is 29.5 Å². The molecule has 0 unspecified atom stereocenters. The molecule has 4 nitrogen and oxygen atoms in total. The van der Waals surface area contributed by atoms with Crippen molar-refractivity contribution in [1.82, 2.24) is 10.1 Å². The molecule has 80 valence electrons. The summed E-state index contributed by atoms with van der Waals surface area (Å²) in [6, 6.07) is 0. The van der Waals surface area contributed by atoms with Crippen molar-refractivity contribution in [2.45, 2.75) is 20.3 Å². The van der Waals surface area contributed by atoms with Crippen LogP contribution >= 0.6 is 0 Å². The summed E-state index contributed by atoms with van der Waals surface area (Å²) in [6.07, 6.45) is 7.58. The van der Waals surface area contributed by atoms with Gasteiger partial charge in [0.2, 0.25) is 5.76 Å². The third-order valence-electron chi connectivity index (χ3n) is 2.01. The molecule has 1 aromatic rings. The predicted molar refractivity (Wildman–Crippen MR) is 56.3 cm³/mol. The Kier molecular flexibility index (Phi) is 3.92. The van der Waals surface area contributed by atoms with Gasteiger partial charge in [0.25, 0.3) is 5.91 Å². The zero-order valence-electron chi connectivity index (χ0n) is 8.99. The quantitative estimate of drug-likeness (QED) is 0.701. The molecule has 0 saturated heterocycles. The van der Waals surface area contributed by atoms with Crippen LogP contribution in [0.5, 0.6) is 0 Å². The van der Waals surface area contributed by atoms with Gasteiger partial charge in [0.15, 0.2) is 0 Å². The molecule has 0 bridgehead atoms. The van der Waals surface area contributed by atoms with E-state index in [1.54, 1.807) is 11.8 Å². The Labute approximate surface area is 89.2 Å². The summed E-state index contributed by atoms with van der Waals surface area (Å²) in [5, 5.41) is 3.57. The lowest BCUT2D eigenvalue weighted by molar-refractivity contribution is 0.0734. The van der Waals surface area contributed by atoms with Gasteiger partial charge in [-0.1, -0.05) is 18.0 Å². The molecule has 0 saturated carbocycles. The van der Waals surface area contributed by atoms with Gasteiger partial charge in [-0.2, -0.15) is 0 Å². The first-order chi connectivity index (χ1) is 7.20. The summed E-state index contributed by atoms with van der Waals surface area (Å²) in [6.45, 7) is 4.70. The molecule has 0 aliphatic rings. The van der Waals surface area contributed by atoms with Crippen molar-refractivity contribution in [3.63, 3.8) is 0 Å². The van der Waals surface area contributed by atoms with Crippen LogP contribution in [0.15, 0.2) is 10.7 Å². The fraction of sp³-hybridized carbons (Fsp3) is 0.455. The number of aromatic nitrogens is 1. The van der Waals surface area contributed by atoms with Crippen LogP contribution in [0.4, 0.5) is 0 Å². The average molecular weight is 206 g/mol. The first-order valence-electron chi connectivity index (χ1n) is 4.84. The van der Waals surface area contributed by atoms with E-state index in [4.69, 9.17) is 10.9 Å². The van der Waals surface area contributed by atoms with Crippen molar-refractivity contribution in [1.29, 1.82) is 0 Å². The second-order valence-electron chi connectivity index (χ2n) is 3.27. The monoisotopic (exact) mass is 206 g/mol. The van der Waals surface area contributed by atoms with Gasteiger partial charge >= 0.3 is 0 Å². The van der Waals surface area contributed by atoms with Crippen LogP contribution in [-0.4, -0.2) is 29.1 Å². The maximum absolute atomic E-state index is 11.9. The van der Waals surface area contributed by atoms with Crippen molar-refractivity contribution >= 4 is 5.91 Å². The minimum Gasteiger partial charge on any atom is -0.351 e. The molecule has 0 spiro atoms. The van der Waals surface area contributed by atoms with E-state index in [1.807, 2.05) is 6.92 Å². The van der Waals surface area contributed by atoms with Crippen LogP contribution in [0.3, 0.4) is 0 Å². The van der Waals surface area contributed by atoms with E-state index in [0.29, 0.717) is 13.1 Å². The van der Waals surface area contributed by atoms with E-state index < -0.39 is 0 Å². The standard InChI is InChI=1S/C11H14N2O2/c1-4-6-13(7-5-2)11(14)10-9(3)8-12-15-10/h1,8H,5-7H2,2-3H3. The van der Waals surface area contributed by atoms with Gasteiger partial charge in [-0.3, -0.25) is 4.79 Å². The molecule has 0 aliphatic carbocycles. The summed E-state index contributed by atoms with van der Waals surface area (Å²) in [5.41, 5.74) is 0.734. The fourth-order valence-electron chi connectivity index (χ4n) is 1.27. The Balaban J connectivity index is 2.81. The maximum atomic E-state index is 11.9. The second kappa shape index (κ2) is 5.20. The van der Waals surface area contributed by atoms with Crippen molar-refractivity contribution in [3.8, 4) is 12.3 Å². The molecule has 1 heterocycles. The number of amides is 1. The van der Waals surface area contributed by atoms with Crippen LogP contribution in [-0.2, 0) is 0 Å². The molecule has 1 rings (SSSR count). The smallest absolute Gasteiger partial charge is 0.293 e. The van der Waals surface area contributed by atoms with Gasteiger partial charge in [0, 0.05) is 12.1 Å². The highest BCUT2D eigenvalue weighted by molar-refractivity contribution is 5.92. The molecule has 4 heteroatoms. The van der Waals surface area contributed by atoms with Crippen molar-refractivity contribution < 1.29 is 9.32 Å². The first kappa shape index (κ1) is 11.3. The largest absolute Gasteiger partial charge is 0.351 e. The fourth-order valence-corrected chi connectivity index (χ4v) is 1.27. The molecule has 1 amide bonds. The lowest BCUT2D eigenvalue weighted by Gasteiger charge is -2.17. The molecule has 0 radical (unpaired) electrons. The number of aryl methyl sites for hydroxylation is 1. The lowest BCUT2D eigenvalue weighted by Crippen LogP contribution is -2.32. The van der Waals surface area contributed by atoms with Crippen LogP contribution < -0.4 is 0 Å². The summed E-state index contributed by atoms with van der Waals surface area (Å²) < 4.78 is 4.89. The number of carbonyl (C=O) groups excluding carboxylic acids is 1. The van der Waals surface area contributed by atoms with Gasteiger partial charge < -0.3 is 9.42 Å². The topological polar surface area (TPSA) is 46.3 Å². The highest BCUT2D eigenvalue weighted by Crippen LogP contribution is 2.09. The SMILES string of the molecule is C#CCN(CCC)C(=O)c1oncc1C. The molecular formula is C11H14N2O2. The van der Waals surface area contributed by atoms with Crippen molar-refractivity contribution in [3.05, 3.63) is 17.5 Å². The summed E-state index contributed by atoms with van der Waals surface area (Å²) >= 11 is 0. The molecule has 0 fully saturated rings. The van der Waals surface area contributed by atoms with E-state index in [1.165, 1.54) is 6.20 Å². The predicted octanol–water partition coefficient (Wildman–Crippen LogP) is 1.47. The van der Waals surface area contributed by atoms with Gasteiger partial charge in [-0.15, -0.1) is 6.42 Å². The molecular weight excluding hydrogens is 192 g/mol. The summed E-state index contributed by atoms with van der Waals surface area (Å²) in [5.74, 6) is 2.54. The first-order valence-corrected chi connectivity index (χ1v) is 4.84. The number of hydrogen-bond acceptors (Lipinski definition) is 3. The lowest BCUT2D eigenvalue weighted by atomic mass is 10.2. The number of terminal acetylenes is 1. The second-order valence-corrected chi connectivity index (χ2v) is 3.27. The van der Waals surface area contributed by atoms with E-state index in [0.717, 1.165) is 12.0 Å². The van der Waals surface area contributed by atoms with Crippen LogP contribution in [0.2, 0.25) is 0 Å². The highest BCUT2D eigenvalue weighted by atomic mass is 16.5. The molecule has 0 N–H and O–H groups in total. The van der Waals surface area contributed by atoms with E-state index in [2.05, 4.69) is 11.1 Å². The third-order valence-corrected chi connectivity index (χ3v) is 2.01. The number of carbonyl (C=O) groups is 1. The molecule has 0 atom stereocenters. The zero-order valence-corrected chi connectivity index (χ0v) is 8.99. The maximum Gasteiger partial charge on any atom is 0.293 e. The molecule has 1 aromatic heterocycles. The van der Waals surface area contributed by atoms with Gasteiger partial charge in [-0.05, 0) is 13.3 Å². The Bertz CT molecular complexity index is 376. The van der Waals surface area contributed by atoms with E-state index in [-0.39, 0.29) is 11.7 Å². The Morgan fingerprint density at radius 1 is 1.73 bits per heavy atom. The zero-order chi connectivity index (χ0) is 11.3. The van der Waals surface area contributed by atoms with Crippen LogP contribution in [0.25, 0.3) is 0 Å². The average Bonchev–Trinajstić information content (AvgIpc) is 2.63. The number of rotatable bonds is 4. The van der Waals surface area contributed by atoms with E-state index in [9.17, 15) is 4.79 Å². The highest BCUT2D eigenvalue weighted by Gasteiger charge is 2.20. The van der Waals surface area contributed by atoms with Crippen LogP contribution in [0, 0.1) is 19.3 Å². The molecule has 0 aliphatic heterocycles. The Hall–Kier alpha value is -1.76. The van der Waals surface area contributed by atoms with Gasteiger partial charge in [0.05, 0.1) is 12.7 Å². The summed E-state index contributed by atoms with van der Waals surface area (Å²) in [4.78, 5) is 13.5. The Morgan fingerprint density at radius 2 is 2.47 bits per heavy atom.